The van der Waals surface area contributed by atoms with Gasteiger partial charge < -0.3 is 10.1 Å². The molecule has 1 fully saturated rings. The molecule has 1 atom stereocenters. The molecular weight excluding hydrogens is 186 g/mol. The molecule has 1 N–H and O–H groups in total. The van der Waals surface area contributed by atoms with Crippen LogP contribution in [0.25, 0.3) is 0 Å². The lowest BCUT2D eigenvalue weighted by Gasteiger charge is -2.28. The number of nitrogens with one attached hydrogen (secondary N) is 1. The zero-order valence-electron chi connectivity index (χ0n) is 10.4. The largest absolute Gasteiger partial charge is 0.385 e. The van der Waals surface area contributed by atoms with Gasteiger partial charge in [-0.25, -0.2) is 0 Å². The Kier molecular flexibility index (Phi) is 7.03. The summed E-state index contributed by atoms with van der Waals surface area (Å²) in [5.74, 6) is 1.03. The Morgan fingerprint density at radius 2 is 2.07 bits per heavy atom. The monoisotopic (exact) mass is 213 g/mol. The highest BCUT2D eigenvalue weighted by Gasteiger charge is 2.19. The average Bonchev–Trinajstić information content (AvgIpc) is 2.17. The first-order valence-corrected chi connectivity index (χ1v) is 6.55. The van der Waals surface area contributed by atoms with Gasteiger partial charge in [-0.05, 0) is 45.1 Å². The highest BCUT2D eigenvalue weighted by molar-refractivity contribution is 4.74. The molecule has 15 heavy (non-hydrogen) atoms. The second-order valence-electron chi connectivity index (χ2n) is 4.94. The first kappa shape index (κ1) is 13.0. The molecule has 0 radical (unpaired) electrons. The van der Waals surface area contributed by atoms with Crippen molar-refractivity contribution in [3.63, 3.8) is 0 Å². The van der Waals surface area contributed by atoms with Crippen molar-refractivity contribution < 1.29 is 4.74 Å². The summed E-state index contributed by atoms with van der Waals surface area (Å²) >= 11 is 0. The standard InChI is InChI=1S/C13H27NO/c1-12(11-13-7-6-8-13)14-9-4-3-5-10-15-2/h12-14H,3-11H2,1-2H3. The van der Waals surface area contributed by atoms with Crippen molar-refractivity contribution in [3.05, 3.63) is 0 Å². The van der Waals surface area contributed by atoms with E-state index < -0.39 is 0 Å². The smallest absolute Gasteiger partial charge is 0.0462 e. The third-order valence-electron chi connectivity index (χ3n) is 3.43. The molecule has 0 saturated heterocycles. The van der Waals surface area contributed by atoms with Gasteiger partial charge in [0, 0.05) is 19.8 Å². The summed E-state index contributed by atoms with van der Waals surface area (Å²) in [5.41, 5.74) is 0. The van der Waals surface area contributed by atoms with Crippen LogP contribution in [0.4, 0.5) is 0 Å². The van der Waals surface area contributed by atoms with E-state index in [-0.39, 0.29) is 0 Å². The molecular formula is C13H27NO. The number of hydrogen-bond acceptors (Lipinski definition) is 2. The lowest BCUT2D eigenvalue weighted by Crippen LogP contribution is -2.30. The molecule has 1 saturated carbocycles. The van der Waals surface area contributed by atoms with Crippen molar-refractivity contribution in [2.24, 2.45) is 5.92 Å². The quantitative estimate of drug-likeness (QED) is 0.595. The minimum atomic E-state index is 0.720. The number of rotatable bonds is 9. The molecule has 90 valence electrons. The maximum absolute atomic E-state index is 5.02. The third kappa shape index (κ3) is 6.16. The van der Waals surface area contributed by atoms with Crippen LogP contribution in [0, 0.1) is 5.92 Å². The second-order valence-corrected chi connectivity index (χ2v) is 4.94. The van der Waals surface area contributed by atoms with Crippen LogP contribution >= 0.6 is 0 Å². The predicted octanol–water partition coefficient (Wildman–Crippen LogP) is 2.97. The molecule has 1 aliphatic rings. The molecule has 0 heterocycles. The van der Waals surface area contributed by atoms with E-state index in [9.17, 15) is 0 Å². The van der Waals surface area contributed by atoms with E-state index in [1.54, 1.807) is 7.11 Å². The van der Waals surface area contributed by atoms with Crippen molar-refractivity contribution in [2.45, 2.75) is 57.9 Å². The van der Waals surface area contributed by atoms with Crippen LogP contribution in [0.3, 0.4) is 0 Å². The number of ether oxygens (including phenoxy) is 1. The molecule has 0 aromatic rings. The van der Waals surface area contributed by atoms with Crippen LogP contribution in [0.2, 0.25) is 0 Å². The van der Waals surface area contributed by atoms with Crippen molar-refractivity contribution in [1.29, 1.82) is 0 Å². The van der Waals surface area contributed by atoms with Gasteiger partial charge in [-0.15, -0.1) is 0 Å². The van der Waals surface area contributed by atoms with Gasteiger partial charge in [-0.2, -0.15) is 0 Å². The van der Waals surface area contributed by atoms with E-state index in [0.717, 1.165) is 18.6 Å². The molecule has 1 aliphatic carbocycles. The maximum atomic E-state index is 5.02. The molecule has 1 rings (SSSR count). The van der Waals surface area contributed by atoms with Crippen molar-refractivity contribution in [3.8, 4) is 0 Å². The SMILES string of the molecule is COCCCCCNC(C)CC1CCC1. The Morgan fingerprint density at radius 3 is 2.67 bits per heavy atom. The maximum Gasteiger partial charge on any atom is 0.0462 e. The molecule has 0 aliphatic heterocycles. The highest BCUT2D eigenvalue weighted by Crippen LogP contribution is 2.30. The fourth-order valence-electron chi connectivity index (χ4n) is 2.21. The first-order chi connectivity index (χ1) is 7.33. The molecule has 1 unspecified atom stereocenters. The van der Waals surface area contributed by atoms with E-state index in [1.807, 2.05) is 0 Å². The van der Waals surface area contributed by atoms with Gasteiger partial charge >= 0.3 is 0 Å². The highest BCUT2D eigenvalue weighted by atomic mass is 16.5. The van der Waals surface area contributed by atoms with Gasteiger partial charge in [-0.1, -0.05) is 19.3 Å². The Hall–Kier alpha value is -0.0800. The summed E-state index contributed by atoms with van der Waals surface area (Å²) < 4.78 is 5.02. The second kappa shape index (κ2) is 8.12. The van der Waals surface area contributed by atoms with Crippen LogP contribution in [-0.2, 0) is 4.74 Å². The van der Waals surface area contributed by atoms with Gasteiger partial charge in [0.05, 0.1) is 0 Å². The molecule has 2 nitrogen and oxygen atoms in total. The van der Waals surface area contributed by atoms with Crippen molar-refractivity contribution in [2.75, 3.05) is 20.3 Å². The topological polar surface area (TPSA) is 21.3 Å². The number of methoxy groups -OCH3 is 1. The molecule has 2 heteroatoms. The van der Waals surface area contributed by atoms with Crippen LogP contribution < -0.4 is 5.32 Å². The van der Waals surface area contributed by atoms with Crippen molar-refractivity contribution >= 4 is 0 Å². The lowest BCUT2D eigenvalue weighted by atomic mass is 9.81. The molecule has 0 amide bonds. The minimum absolute atomic E-state index is 0.720. The van der Waals surface area contributed by atoms with Crippen molar-refractivity contribution in [1.82, 2.24) is 5.32 Å². The van der Waals surface area contributed by atoms with Crippen LogP contribution in [0.5, 0.6) is 0 Å². The molecule has 0 spiro atoms. The van der Waals surface area contributed by atoms with Gasteiger partial charge in [0.2, 0.25) is 0 Å². The van der Waals surface area contributed by atoms with Gasteiger partial charge in [0.1, 0.15) is 0 Å². The summed E-state index contributed by atoms with van der Waals surface area (Å²) in [7, 11) is 1.78. The van der Waals surface area contributed by atoms with Gasteiger partial charge in [-0.3, -0.25) is 0 Å². The fourth-order valence-corrected chi connectivity index (χ4v) is 2.21. The lowest BCUT2D eigenvalue weighted by molar-refractivity contribution is 0.192. The van der Waals surface area contributed by atoms with E-state index in [0.29, 0.717) is 0 Å². The zero-order chi connectivity index (χ0) is 10.9. The Labute approximate surface area is 94.8 Å². The van der Waals surface area contributed by atoms with Crippen LogP contribution in [0.15, 0.2) is 0 Å². The van der Waals surface area contributed by atoms with Gasteiger partial charge in [0.25, 0.3) is 0 Å². The van der Waals surface area contributed by atoms with E-state index in [1.165, 1.54) is 51.5 Å². The fraction of sp³-hybridized carbons (Fsp3) is 1.00. The Bertz CT molecular complexity index is 145. The zero-order valence-corrected chi connectivity index (χ0v) is 10.4. The van der Waals surface area contributed by atoms with E-state index >= 15 is 0 Å². The Morgan fingerprint density at radius 1 is 1.27 bits per heavy atom. The molecule has 0 bridgehead atoms. The number of hydrogen-bond donors (Lipinski definition) is 1. The third-order valence-corrected chi connectivity index (χ3v) is 3.43. The summed E-state index contributed by atoms with van der Waals surface area (Å²) in [4.78, 5) is 0. The summed E-state index contributed by atoms with van der Waals surface area (Å²) in [6.07, 6.45) is 9.58. The van der Waals surface area contributed by atoms with Gasteiger partial charge in [0.15, 0.2) is 0 Å². The number of unbranched alkanes of at least 4 members (excludes halogenated alkanes) is 2. The van der Waals surface area contributed by atoms with Crippen LogP contribution in [-0.4, -0.2) is 26.3 Å². The average molecular weight is 213 g/mol. The predicted molar refractivity (Wildman–Crippen MR) is 65.1 cm³/mol. The minimum Gasteiger partial charge on any atom is -0.385 e. The Balaban J connectivity index is 1.81. The summed E-state index contributed by atoms with van der Waals surface area (Å²) in [5, 5.41) is 3.62. The molecule has 0 aromatic heterocycles. The first-order valence-electron chi connectivity index (χ1n) is 6.55. The van der Waals surface area contributed by atoms with E-state index in [2.05, 4.69) is 12.2 Å². The van der Waals surface area contributed by atoms with Crippen LogP contribution in [0.1, 0.15) is 51.9 Å². The molecule has 0 aromatic carbocycles. The van der Waals surface area contributed by atoms with E-state index in [4.69, 9.17) is 4.74 Å². The summed E-state index contributed by atoms with van der Waals surface area (Å²) in [6, 6.07) is 0.720. The summed E-state index contributed by atoms with van der Waals surface area (Å²) in [6.45, 7) is 4.42. The normalized spacial score (nSPS) is 18.8.